The number of nitrogens with zero attached hydrogens (tertiary/aromatic N) is 2. The molecule has 0 aliphatic heterocycles. The lowest BCUT2D eigenvalue weighted by Gasteiger charge is -2.10. The molecule has 0 saturated heterocycles. The van der Waals surface area contributed by atoms with E-state index in [0.717, 1.165) is 23.1 Å². The van der Waals surface area contributed by atoms with Crippen LogP contribution in [0.3, 0.4) is 0 Å². The number of carbonyl (C=O) groups excluding carboxylic acids is 2. The van der Waals surface area contributed by atoms with Gasteiger partial charge in [-0.2, -0.15) is 5.10 Å². The molecule has 4 aromatic rings. The summed E-state index contributed by atoms with van der Waals surface area (Å²) in [6.07, 6.45) is 0.999. The van der Waals surface area contributed by atoms with Crippen LogP contribution in [0.15, 0.2) is 84.9 Å². The largest absolute Gasteiger partial charge is 0.366 e. The Morgan fingerprint density at radius 3 is 2.17 bits per heavy atom. The van der Waals surface area contributed by atoms with Crippen LogP contribution >= 0.6 is 0 Å². The van der Waals surface area contributed by atoms with E-state index in [2.05, 4.69) is 0 Å². The molecule has 0 fully saturated rings. The number of hydrogen-bond donors (Lipinski definition) is 1. The molecule has 0 saturated carbocycles. The summed E-state index contributed by atoms with van der Waals surface area (Å²) < 4.78 is 1.77. The molecule has 3 aromatic carbocycles. The van der Waals surface area contributed by atoms with Crippen LogP contribution in [0.1, 0.15) is 16.1 Å². The standard InChI is InChI=1S/C24H19N3O2/c25-24(29)20-14-8-7-13-19(20)22-21(15-16-28)27(18-11-5-2-6-12-18)26-23(22)17-9-3-1-4-10-17/h1-14,16H,15H2,(H2,25,29). The summed E-state index contributed by atoms with van der Waals surface area (Å²) in [7, 11) is 0. The molecule has 0 radical (unpaired) electrons. The Kier molecular flexibility index (Phi) is 5.03. The summed E-state index contributed by atoms with van der Waals surface area (Å²) in [6.45, 7) is 0. The van der Waals surface area contributed by atoms with Gasteiger partial charge in [-0.3, -0.25) is 4.79 Å². The van der Waals surface area contributed by atoms with Crippen LogP contribution in [0.4, 0.5) is 0 Å². The molecule has 0 aliphatic carbocycles. The lowest BCUT2D eigenvalue weighted by molar-refractivity contribution is -0.107. The van der Waals surface area contributed by atoms with Crippen molar-refractivity contribution in [1.82, 2.24) is 9.78 Å². The zero-order chi connectivity index (χ0) is 20.2. The Morgan fingerprint density at radius 2 is 1.52 bits per heavy atom. The first-order valence-electron chi connectivity index (χ1n) is 9.26. The molecule has 2 N–H and O–H groups in total. The highest BCUT2D eigenvalue weighted by molar-refractivity contribution is 6.02. The molecular formula is C24H19N3O2. The van der Waals surface area contributed by atoms with Crippen molar-refractivity contribution in [1.29, 1.82) is 0 Å². The van der Waals surface area contributed by atoms with Gasteiger partial charge in [-0.05, 0) is 23.8 Å². The molecule has 4 rings (SSSR count). The minimum Gasteiger partial charge on any atom is -0.366 e. The van der Waals surface area contributed by atoms with E-state index >= 15 is 0 Å². The van der Waals surface area contributed by atoms with E-state index in [4.69, 9.17) is 10.8 Å². The van der Waals surface area contributed by atoms with E-state index < -0.39 is 5.91 Å². The summed E-state index contributed by atoms with van der Waals surface area (Å²) in [5.41, 5.74) is 10.6. The summed E-state index contributed by atoms with van der Waals surface area (Å²) in [5, 5.41) is 4.85. The number of nitrogens with two attached hydrogens (primary N) is 1. The second-order valence-electron chi connectivity index (χ2n) is 6.56. The van der Waals surface area contributed by atoms with E-state index in [9.17, 15) is 9.59 Å². The van der Waals surface area contributed by atoms with Gasteiger partial charge in [0, 0.05) is 23.1 Å². The average Bonchev–Trinajstić information content (AvgIpc) is 3.14. The maximum Gasteiger partial charge on any atom is 0.249 e. The second-order valence-corrected chi connectivity index (χ2v) is 6.56. The van der Waals surface area contributed by atoms with Crippen LogP contribution in [0.25, 0.3) is 28.1 Å². The first-order chi connectivity index (χ1) is 14.2. The molecule has 0 bridgehead atoms. The Hall–Kier alpha value is -3.99. The van der Waals surface area contributed by atoms with Crippen LogP contribution in [0.2, 0.25) is 0 Å². The van der Waals surface area contributed by atoms with Gasteiger partial charge in [0.05, 0.1) is 11.4 Å². The molecular weight excluding hydrogens is 362 g/mol. The highest BCUT2D eigenvalue weighted by Crippen LogP contribution is 2.37. The van der Waals surface area contributed by atoms with Crippen molar-refractivity contribution in [3.8, 4) is 28.1 Å². The molecule has 1 heterocycles. The number of rotatable bonds is 6. The zero-order valence-electron chi connectivity index (χ0n) is 15.7. The van der Waals surface area contributed by atoms with Crippen LogP contribution in [-0.4, -0.2) is 22.0 Å². The number of para-hydroxylation sites is 1. The van der Waals surface area contributed by atoms with Crippen molar-refractivity contribution in [2.75, 3.05) is 0 Å². The fourth-order valence-corrected chi connectivity index (χ4v) is 3.50. The Morgan fingerprint density at radius 1 is 0.897 bits per heavy atom. The molecule has 5 heteroatoms. The van der Waals surface area contributed by atoms with E-state index in [0.29, 0.717) is 22.5 Å². The van der Waals surface area contributed by atoms with E-state index in [1.54, 1.807) is 16.8 Å². The van der Waals surface area contributed by atoms with Crippen LogP contribution < -0.4 is 5.73 Å². The van der Waals surface area contributed by atoms with E-state index in [-0.39, 0.29) is 6.42 Å². The van der Waals surface area contributed by atoms with Crippen LogP contribution in [-0.2, 0) is 11.2 Å². The summed E-state index contributed by atoms with van der Waals surface area (Å²) in [5.74, 6) is -0.524. The van der Waals surface area contributed by atoms with Gasteiger partial charge >= 0.3 is 0 Å². The number of aldehydes is 1. The predicted octanol–water partition coefficient (Wildman–Crippen LogP) is 4.05. The molecule has 0 unspecified atom stereocenters. The fourth-order valence-electron chi connectivity index (χ4n) is 3.50. The maximum absolute atomic E-state index is 12.1. The topological polar surface area (TPSA) is 78.0 Å². The smallest absolute Gasteiger partial charge is 0.249 e. The van der Waals surface area contributed by atoms with Gasteiger partial charge in [0.15, 0.2) is 0 Å². The van der Waals surface area contributed by atoms with Gasteiger partial charge in [0.25, 0.3) is 0 Å². The summed E-state index contributed by atoms with van der Waals surface area (Å²) in [6, 6.07) is 26.5. The van der Waals surface area contributed by atoms with Gasteiger partial charge in [-0.25, -0.2) is 4.68 Å². The normalized spacial score (nSPS) is 10.6. The third-order valence-electron chi connectivity index (χ3n) is 4.77. The highest BCUT2D eigenvalue weighted by Gasteiger charge is 2.24. The zero-order valence-corrected chi connectivity index (χ0v) is 15.7. The molecule has 0 atom stereocenters. The van der Waals surface area contributed by atoms with Gasteiger partial charge in [-0.15, -0.1) is 0 Å². The van der Waals surface area contributed by atoms with E-state index in [1.807, 2.05) is 72.8 Å². The van der Waals surface area contributed by atoms with Crippen molar-refractivity contribution in [2.24, 2.45) is 5.73 Å². The molecule has 1 aromatic heterocycles. The highest BCUT2D eigenvalue weighted by atomic mass is 16.1. The van der Waals surface area contributed by atoms with Gasteiger partial charge in [0.1, 0.15) is 12.0 Å². The molecule has 0 spiro atoms. The first-order valence-corrected chi connectivity index (χ1v) is 9.26. The molecule has 142 valence electrons. The molecule has 29 heavy (non-hydrogen) atoms. The van der Waals surface area contributed by atoms with Crippen LogP contribution in [0.5, 0.6) is 0 Å². The number of primary amides is 1. The lowest BCUT2D eigenvalue weighted by Crippen LogP contribution is -2.12. The quantitative estimate of drug-likeness (QED) is 0.512. The molecule has 5 nitrogen and oxygen atoms in total. The van der Waals surface area contributed by atoms with Crippen molar-refractivity contribution in [3.63, 3.8) is 0 Å². The monoisotopic (exact) mass is 381 g/mol. The minimum absolute atomic E-state index is 0.150. The number of amides is 1. The molecule has 1 amide bonds. The summed E-state index contributed by atoms with van der Waals surface area (Å²) >= 11 is 0. The average molecular weight is 381 g/mol. The second kappa shape index (κ2) is 7.94. The Bertz CT molecular complexity index is 1170. The number of hydrogen-bond acceptors (Lipinski definition) is 3. The number of aromatic nitrogens is 2. The fraction of sp³-hybridized carbons (Fsp3) is 0.0417. The van der Waals surface area contributed by atoms with Crippen molar-refractivity contribution >= 4 is 12.2 Å². The SMILES string of the molecule is NC(=O)c1ccccc1-c1c(-c2ccccc2)nn(-c2ccccc2)c1CC=O. The number of carbonyl (C=O) groups is 2. The minimum atomic E-state index is -0.524. The summed E-state index contributed by atoms with van der Waals surface area (Å²) in [4.78, 5) is 23.7. The van der Waals surface area contributed by atoms with Crippen molar-refractivity contribution in [2.45, 2.75) is 6.42 Å². The van der Waals surface area contributed by atoms with Crippen molar-refractivity contribution < 1.29 is 9.59 Å². The predicted molar refractivity (Wildman–Crippen MR) is 113 cm³/mol. The first kappa shape index (κ1) is 18.4. The lowest BCUT2D eigenvalue weighted by atomic mass is 9.94. The maximum atomic E-state index is 12.1. The third kappa shape index (κ3) is 3.46. The number of benzene rings is 3. The Balaban J connectivity index is 2.09. The van der Waals surface area contributed by atoms with Crippen molar-refractivity contribution in [3.05, 3.63) is 96.2 Å². The Labute approximate surface area is 168 Å². The van der Waals surface area contributed by atoms with Gasteiger partial charge in [0.2, 0.25) is 5.91 Å². The van der Waals surface area contributed by atoms with E-state index in [1.165, 1.54) is 0 Å². The third-order valence-corrected chi connectivity index (χ3v) is 4.77. The van der Waals surface area contributed by atoms with Crippen LogP contribution in [0, 0.1) is 0 Å². The van der Waals surface area contributed by atoms with Gasteiger partial charge in [-0.1, -0.05) is 66.7 Å². The van der Waals surface area contributed by atoms with Gasteiger partial charge < -0.3 is 10.5 Å². The molecule has 0 aliphatic rings.